The molecule has 1 aromatic carbocycles. The summed E-state index contributed by atoms with van der Waals surface area (Å²) in [5, 5.41) is 12.0. The summed E-state index contributed by atoms with van der Waals surface area (Å²) in [6.45, 7) is 6.49. The van der Waals surface area contributed by atoms with Gasteiger partial charge in [0.15, 0.2) is 0 Å². The van der Waals surface area contributed by atoms with Crippen molar-refractivity contribution in [2.75, 3.05) is 31.1 Å². The van der Waals surface area contributed by atoms with Crippen LogP contribution in [0.3, 0.4) is 0 Å². The Labute approximate surface area is 147 Å². The number of carbonyl (C=O) groups excluding carboxylic acids is 1. The fourth-order valence-electron chi connectivity index (χ4n) is 2.92. The third kappa shape index (κ3) is 5.03. The summed E-state index contributed by atoms with van der Waals surface area (Å²) in [5.41, 5.74) is 1.04. The van der Waals surface area contributed by atoms with Crippen molar-refractivity contribution >= 4 is 29.3 Å². The molecule has 24 heavy (non-hydrogen) atoms. The molecular weight excluding hydrogens is 330 g/mol. The lowest BCUT2D eigenvalue weighted by atomic mass is 10.0. The minimum Gasteiger partial charge on any atom is -0.465 e. The average molecular weight is 354 g/mol. The number of nitrogens with one attached hydrogen (secondary N) is 1. The molecule has 1 heterocycles. The molecule has 0 aromatic heterocycles. The Kier molecular flexibility index (Phi) is 6.31. The van der Waals surface area contributed by atoms with Crippen LogP contribution in [0.4, 0.5) is 10.5 Å². The Morgan fingerprint density at radius 1 is 1.25 bits per heavy atom. The third-order valence-electron chi connectivity index (χ3n) is 4.07. The maximum absolute atomic E-state index is 12.6. The summed E-state index contributed by atoms with van der Waals surface area (Å²) in [4.78, 5) is 27.5. The molecule has 1 atom stereocenters. The van der Waals surface area contributed by atoms with E-state index in [9.17, 15) is 9.59 Å². The Morgan fingerprint density at radius 3 is 2.46 bits per heavy atom. The number of halogens is 1. The Morgan fingerprint density at radius 2 is 1.92 bits per heavy atom. The molecule has 2 amide bonds. The molecule has 2 N–H and O–H groups in total. The molecule has 0 saturated carbocycles. The van der Waals surface area contributed by atoms with Gasteiger partial charge in [0.25, 0.3) is 0 Å². The lowest BCUT2D eigenvalue weighted by Crippen LogP contribution is -2.55. The van der Waals surface area contributed by atoms with Gasteiger partial charge >= 0.3 is 6.09 Å². The molecule has 1 unspecified atom stereocenters. The first-order chi connectivity index (χ1) is 11.4. The highest BCUT2D eigenvalue weighted by Gasteiger charge is 2.29. The van der Waals surface area contributed by atoms with Gasteiger partial charge in [-0.15, -0.1) is 0 Å². The smallest absolute Gasteiger partial charge is 0.405 e. The number of benzene rings is 1. The average Bonchev–Trinajstić information content (AvgIpc) is 2.53. The predicted octanol–water partition coefficient (Wildman–Crippen LogP) is 2.67. The van der Waals surface area contributed by atoms with Crippen LogP contribution in [0, 0.1) is 5.92 Å². The molecular formula is C17H24ClN3O3. The second kappa shape index (κ2) is 8.24. The monoisotopic (exact) mass is 353 g/mol. The largest absolute Gasteiger partial charge is 0.465 e. The SMILES string of the molecule is CC(C)CC(NC(=O)O)C(=O)N1CCN(c2cccc(Cl)c2)CC1. The zero-order valence-corrected chi connectivity index (χ0v) is 14.8. The van der Waals surface area contributed by atoms with Crippen LogP contribution in [0.5, 0.6) is 0 Å². The number of nitrogens with zero attached hydrogens (tertiary/aromatic N) is 2. The van der Waals surface area contributed by atoms with Crippen LogP contribution in [0.2, 0.25) is 5.02 Å². The van der Waals surface area contributed by atoms with Crippen molar-refractivity contribution in [3.8, 4) is 0 Å². The van der Waals surface area contributed by atoms with Gasteiger partial charge in [-0.2, -0.15) is 0 Å². The van der Waals surface area contributed by atoms with Gasteiger partial charge < -0.3 is 20.2 Å². The van der Waals surface area contributed by atoms with Crippen molar-refractivity contribution in [2.45, 2.75) is 26.3 Å². The van der Waals surface area contributed by atoms with Crippen LogP contribution < -0.4 is 10.2 Å². The molecule has 0 aliphatic carbocycles. The topological polar surface area (TPSA) is 72.9 Å². The van der Waals surface area contributed by atoms with E-state index in [1.807, 2.05) is 38.1 Å². The highest BCUT2D eigenvalue weighted by molar-refractivity contribution is 6.30. The fourth-order valence-corrected chi connectivity index (χ4v) is 3.10. The molecule has 1 aliphatic rings. The van der Waals surface area contributed by atoms with Gasteiger partial charge in [0, 0.05) is 36.9 Å². The van der Waals surface area contributed by atoms with Gasteiger partial charge in [0.2, 0.25) is 5.91 Å². The number of piperazine rings is 1. The van der Waals surface area contributed by atoms with E-state index in [2.05, 4.69) is 10.2 Å². The van der Waals surface area contributed by atoms with E-state index in [-0.39, 0.29) is 11.8 Å². The second-order valence-corrected chi connectivity index (χ2v) is 6.86. The van der Waals surface area contributed by atoms with E-state index in [1.165, 1.54) is 0 Å². The maximum Gasteiger partial charge on any atom is 0.405 e. The fraction of sp³-hybridized carbons (Fsp3) is 0.529. The zero-order valence-electron chi connectivity index (χ0n) is 14.0. The normalized spacial score (nSPS) is 16.2. The third-order valence-corrected chi connectivity index (χ3v) is 4.30. The summed E-state index contributed by atoms with van der Waals surface area (Å²) >= 11 is 6.03. The van der Waals surface area contributed by atoms with E-state index in [4.69, 9.17) is 16.7 Å². The first-order valence-corrected chi connectivity index (χ1v) is 8.53. The number of carbonyl (C=O) groups is 2. The van der Waals surface area contributed by atoms with Crippen LogP contribution >= 0.6 is 11.6 Å². The van der Waals surface area contributed by atoms with Gasteiger partial charge in [-0.1, -0.05) is 31.5 Å². The molecule has 0 spiro atoms. The molecule has 1 aliphatic heterocycles. The number of carboxylic acid groups (broad SMARTS) is 1. The molecule has 1 aromatic rings. The number of anilines is 1. The van der Waals surface area contributed by atoms with Gasteiger partial charge in [-0.05, 0) is 30.5 Å². The summed E-state index contributed by atoms with van der Waals surface area (Å²) in [5.74, 6) is 0.0930. The highest BCUT2D eigenvalue weighted by Crippen LogP contribution is 2.21. The minimum atomic E-state index is -1.16. The van der Waals surface area contributed by atoms with Gasteiger partial charge in [-0.25, -0.2) is 4.79 Å². The molecule has 132 valence electrons. The number of hydrogen-bond acceptors (Lipinski definition) is 3. The highest BCUT2D eigenvalue weighted by atomic mass is 35.5. The van der Waals surface area contributed by atoms with Crippen molar-refractivity contribution in [1.29, 1.82) is 0 Å². The lowest BCUT2D eigenvalue weighted by Gasteiger charge is -2.37. The van der Waals surface area contributed by atoms with E-state index in [1.54, 1.807) is 4.90 Å². The molecule has 2 rings (SSSR count). The second-order valence-electron chi connectivity index (χ2n) is 6.42. The minimum absolute atomic E-state index is 0.142. The molecule has 1 fully saturated rings. The summed E-state index contributed by atoms with van der Waals surface area (Å²) in [6, 6.07) is 6.97. The van der Waals surface area contributed by atoms with Gasteiger partial charge in [0.1, 0.15) is 6.04 Å². The van der Waals surface area contributed by atoms with E-state index >= 15 is 0 Å². The summed E-state index contributed by atoms with van der Waals surface area (Å²) < 4.78 is 0. The van der Waals surface area contributed by atoms with Crippen molar-refractivity contribution in [3.63, 3.8) is 0 Å². The zero-order chi connectivity index (χ0) is 17.7. The number of hydrogen-bond donors (Lipinski definition) is 2. The van der Waals surface area contributed by atoms with Crippen LogP contribution in [-0.4, -0.2) is 54.2 Å². The van der Waals surface area contributed by atoms with Gasteiger partial charge in [0.05, 0.1) is 0 Å². The number of rotatable bonds is 5. The van der Waals surface area contributed by atoms with Crippen LogP contribution in [0.25, 0.3) is 0 Å². The van der Waals surface area contributed by atoms with Crippen molar-refractivity contribution in [1.82, 2.24) is 10.2 Å². The van der Waals surface area contributed by atoms with Crippen molar-refractivity contribution < 1.29 is 14.7 Å². The summed E-state index contributed by atoms with van der Waals surface area (Å²) in [6.07, 6.45) is -0.661. The first kappa shape index (κ1) is 18.4. The Bertz CT molecular complexity index is 586. The molecule has 7 heteroatoms. The Balaban J connectivity index is 1.96. The standard InChI is InChI=1S/C17H24ClN3O3/c1-12(2)10-15(19-17(23)24)16(22)21-8-6-20(7-9-21)14-5-3-4-13(18)11-14/h3-5,11-12,15,19H,6-10H2,1-2H3,(H,23,24). The lowest BCUT2D eigenvalue weighted by molar-refractivity contribution is -0.134. The van der Waals surface area contributed by atoms with Crippen LogP contribution in [-0.2, 0) is 4.79 Å². The summed E-state index contributed by atoms with van der Waals surface area (Å²) in [7, 11) is 0. The molecule has 0 bridgehead atoms. The van der Waals surface area contributed by atoms with E-state index in [0.29, 0.717) is 37.6 Å². The molecule has 1 saturated heterocycles. The molecule has 6 nitrogen and oxygen atoms in total. The van der Waals surface area contributed by atoms with Gasteiger partial charge in [-0.3, -0.25) is 4.79 Å². The van der Waals surface area contributed by atoms with Crippen molar-refractivity contribution in [3.05, 3.63) is 29.3 Å². The van der Waals surface area contributed by atoms with Crippen LogP contribution in [0.15, 0.2) is 24.3 Å². The number of amides is 2. The van der Waals surface area contributed by atoms with E-state index < -0.39 is 12.1 Å². The maximum atomic E-state index is 12.6. The van der Waals surface area contributed by atoms with E-state index in [0.717, 1.165) is 5.69 Å². The first-order valence-electron chi connectivity index (χ1n) is 8.15. The Hall–Kier alpha value is -1.95. The quantitative estimate of drug-likeness (QED) is 0.853. The predicted molar refractivity (Wildman–Crippen MR) is 94.6 cm³/mol. The van der Waals surface area contributed by atoms with Crippen molar-refractivity contribution in [2.24, 2.45) is 5.92 Å². The van der Waals surface area contributed by atoms with Crippen LogP contribution in [0.1, 0.15) is 20.3 Å². The molecule has 0 radical (unpaired) electrons.